The van der Waals surface area contributed by atoms with Gasteiger partial charge in [-0.25, -0.2) is 0 Å². The summed E-state index contributed by atoms with van der Waals surface area (Å²) < 4.78 is 29.9. The molecule has 0 spiro atoms. The number of carbonyl (C=O) groups is 1. The van der Waals surface area contributed by atoms with E-state index >= 15 is 0 Å². The van der Waals surface area contributed by atoms with Crippen molar-refractivity contribution in [2.45, 2.75) is 4.90 Å². The molecule has 1 rings (SSSR count). The van der Waals surface area contributed by atoms with E-state index in [1.807, 2.05) is 0 Å². The van der Waals surface area contributed by atoms with Crippen molar-refractivity contribution >= 4 is 16.4 Å². The Morgan fingerprint density at radius 3 is 2.36 bits per heavy atom. The first-order valence-electron chi connectivity index (χ1n) is 3.21. The van der Waals surface area contributed by atoms with Crippen molar-refractivity contribution in [3.8, 4) is 5.75 Å². The first kappa shape index (κ1) is 13.6. The number of benzene rings is 1. The minimum atomic E-state index is -4.46. The summed E-state index contributed by atoms with van der Waals surface area (Å²) >= 11 is 0. The van der Waals surface area contributed by atoms with Gasteiger partial charge in [0, 0.05) is 11.6 Å². The number of hydrogen-bond donors (Lipinski definition) is 2. The molecule has 5 nitrogen and oxygen atoms in total. The van der Waals surface area contributed by atoms with Crippen molar-refractivity contribution in [2.24, 2.45) is 0 Å². The van der Waals surface area contributed by atoms with Gasteiger partial charge in [-0.2, -0.15) is 8.42 Å². The molecule has 0 heterocycles. The number of aldehydes is 1. The fraction of sp³-hybridized carbons (Fsp3) is 0. The maximum absolute atomic E-state index is 10.7. The monoisotopic (exact) mass is 226 g/mol. The predicted molar refractivity (Wildman–Crippen MR) is 44.4 cm³/mol. The van der Waals surface area contributed by atoms with Crippen molar-refractivity contribution in [2.75, 3.05) is 0 Å². The van der Waals surface area contributed by atoms with E-state index in [9.17, 15) is 13.2 Å². The van der Waals surface area contributed by atoms with Gasteiger partial charge in [0.25, 0.3) is 10.1 Å². The number of rotatable bonds is 2. The van der Waals surface area contributed by atoms with Crippen LogP contribution in [0, 0.1) is 0 Å². The SMILES string of the molecule is O=Cc1ccc(O)cc1S(=O)(=O)O.[H-].[Na+]. The van der Waals surface area contributed by atoms with Gasteiger partial charge in [-0.3, -0.25) is 9.35 Å². The third-order valence-corrected chi connectivity index (χ3v) is 2.31. The molecule has 14 heavy (non-hydrogen) atoms. The molecule has 0 atom stereocenters. The Morgan fingerprint density at radius 2 is 1.93 bits per heavy atom. The van der Waals surface area contributed by atoms with Gasteiger partial charge in [0.1, 0.15) is 10.6 Å². The van der Waals surface area contributed by atoms with Gasteiger partial charge in [0.05, 0.1) is 0 Å². The van der Waals surface area contributed by atoms with E-state index in [1.165, 1.54) is 0 Å². The van der Waals surface area contributed by atoms with Crippen LogP contribution in [0.2, 0.25) is 0 Å². The summed E-state index contributed by atoms with van der Waals surface area (Å²) in [6.45, 7) is 0. The first-order chi connectivity index (χ1) is 5.95. The fourth-order valence-corrected chi connectivity index (χ4v) is 1.53. The van der Waals surface area contributed by atoms with E-state index in [-0.39, 0.29) is 48.6 Å². The van der Waals surface area contributed by atoms with Crippen LogP contribution in [0.4, 0.5) is 0 Å². The topological polar surface area (TPSA) is 91.7 Å². The third-order valence-electron chi connectivity index (χ3n) is 1.40. The number of hydrogen-bond acceptors (Lipinski definition) is 4. The minimum Gasteiger partial charge on any atom is -1.00 e. The molecule has 0 amide bonds. The molecule has 0 unspecified atom stereocenters. The second-order valence-electron chi connectivity index (χ2n) is 2.32. The van der Waals surface area contributed by atoms with Gasteiger partial charge < -0.3 is 6.53 Å². The van der Waals surface area contributed by atoms with Crippen LogP contribution in [0.1, 0.15) is 11.8 Å². The summed E-state index contributed by atoms with van der Waals surface area (Å²) in [6.07, 6.45) is 0.280. The molecular formula is C7H7NaO5S. The average molecular weight is 226 g/mol. The normalized spacial score (nSPS) is 10.4. The number of carbonyl (C=O) groups excluding carboxylic acids is 1. The van der Waals surface area contributed by atoms with E-state index in [2.05, 4.69) is 0 Å². The maximum atomic E-state index is 10.7. The smallest absolute Gasteiger partial charge is 1.00 e. The Bertz CT molecular complexity index is 445. The zero-order valence-corrected chi connectivity index (χ0v) is 10.2. The van der Waals surface area contributed by atoms with E-state index < -0.39 is 15.0 Å². The van der Waals surface area contributed by atoms with Crippen LogP contribution in [-0.2, 0) is 10.1 Å². The van der Waals surface area contributed by atoms with Crippen LogP contribution in [0.3, 0.4) is 0 Å². The molecule has 0 aliphatic heterocycles. The van der Waals surface area contributed by atoms with E-state index in [1.54, 1.807) is 0 Å². The van der Waals surface area contributed by atoms with E-state index in [4.69, 9.17) is 9.66 Å². The zero-order valence-electron chi connectivity index (χ0n) is 8.34. The summed E-state index contributed by atoms with van der Waals surface area (Å²) in [5.74, 6) is -0.335. The quantitative estimate of drug-likeness (QED) is 0.332. The summed E-state index contributed by atoms with van der Waals surface area (Å²) in [5.41, 5.74) is -0.194. The van der Waals surface area contributed by atoms with Crippen molar-refractivity contribution in [3.05, 3.63) is 23.8 Å². The third kappa shape index (κ3) is 3.07. The van der Waals surface area contributed by atoms with E-state index in [0.717, 1.165) is 18.2 Å². The Kier molecular flexibility index (Phi) is 4.76. The second kappa shape index (κ2) is 4.90. The van der Waals surface area contributed by atoms with Crippen LogP contribution in [-0.4, -0.2) is 24.4 Å². The van der Waals surface area contributed by atoms with Crippen LogP contribution in [0.15, 0.2) is 23.1 Å². The summed E-state index contributed by atoms with van der Waals surface area (Å²) in [7, 11) is -4.46. The molecule has 7 heteroatoms. The van der Waals surface area contributed by atoms with Gasteiger partial charge in [0.2, 0.25) is 0 Å². The maximum Gasteiger partial charge on any atom is 1.00 e. The molecular weight excluding hydrogens is 219 g/mol. The van der Waals surface area contributed by atoms with Crippen molar-refractivity contribution in [1.82, 2.24) is 0 Å². The molecule has 0 bridgehead atoms. The molecule has 1 aromatic rings. The fourth-order valence-electron chi connectivity index (χ4n) is 0.844. The summed E-state index contributed by atoms with van der Waals surface area (Å²) in [5, 5.41) is 8.90. The van der Waals surface area contributed by atoms with Gasteiger partial charge in [0.15, 0.2) is 6.29 Å². The largest absolute Gasteiger partial charge is 1.00 e. The van der Waals surface area contributed by atoms with Crippen LogP contribution in [0.5, 0.6) is 5.75 Å². The number of phenols is 1. The van der Waals surface area contributed by atoms with Crippen LogP contribution < -0.4 is 29.6 Å². The van der Waals surface area contributed by atoms with Gasteiger partial charge in [-0.1, -0.05) is 0 Å². The van der Waals surface area contributed by atoms with Gasteiger partial charge in [-0.15, -0.1) is 0 Å². The Hall–Kier alpha value is -0.400. The molecule has 0 aliphatic carbocycles. The van der Waals surface area contributed by atoms with Crippen LogP contribution in [0.25, 0.3) is 0 Å². The molecule has 0 aliphatic rings. The predicted octanol–water partition coefficient (Wildman–Crippen LogP) is -2.43. The van der Waals surface area contributed by atoms with Gasteiger partial charge in [-0.05, 0) is 12.1 Å². The minimum absolute atomic E-state index is 0. The Labute approximate surface area is 104 Å². The molecule has 1 aromatic carbocycles. The zero-order chi connectivity index (χ0) is 10.1. The van der Waals surface area contributed by atoms with Gasteiger partial charge >= 0.3 is 29.6 Å². The summed E-state index contributed by atoms with van der Waals surface area (Å²) in [4.78, 5) is 9.73. The number of phenolic OH excluding ortho intramolecular Hbond substituents is 1. The molecule has 0 saturated carbocycles. The van der Waals surface area contributed by atoms with E-state index in [0.29, 0.717) is 0 Å². The first-order valence-corrected chi connectivity index (χ1v) is 4.65. The average Bonchev–Trinajstić information content (AvgIpc) is 2.03. The summed E-state index contributed by atoms with van der Waals surface area (Å²) in [6, 6.07) is 3.06. The molecule has 2 N–H and O–H groups in total. The standard InChI is InChI=1S/C7H6O5S.Na.H/c8-4-5-1-2-6(9)3-7(5)13(10,11)12;;/h1-4,9H,(H,10,11,12);;/q;+1;-1. The molecule has 0 fully saturated rings. The molecule has 0 aromatic heterocycles. The number of aromatic hydroxyl groups is 1. The van der Waals surface area contributed by atoms with Crippen molar-refractivity contribution in [3.63, 3.8) is 0 Å². The molecule has 0 radical (unpaired) electrons. The Morgan fingerprint density at radius 1 is 1.36 bits per heavy atom. The second-order valence-corrected chi connectivity index (χ2v) is 3.71. The van der Waals surface area contributed by atoms with Crippen molar-refractivity contribution in [1.29, 1.82) is 0 Å². The molecule has 0 saturated heterocycles. The van der Waals surface area contributed by atoms with Crippen molar-refractivity contribution < 1.29 is 53.9 Å². The molecule has 72 valence electrons. The Balaban J connectivity index is 0. The van der Waals surface area contributed by atoms with Crippen LogP contribution >= 0.6 is 0 Å².